The monoisotopic (exact) mass is 255 g/mol. The van der Waals surface area contributed by atoms with Gasteiger partial charge in [-0.2, -0.15) is 0 Å². The lowest BCUT2D eigenvalue weighted by atomic mass is 10.0. The number of carbonyl (C=O) groups excluding carboxylic acids is 1. The van der Waals surface area contributed by atoms with Gasteiger partial charge in [0.15, 0.2) is 0 Å². The van der Waals surface area contributed by atoms with Crippen LogP contribution < -0.4 is 5.32 Å². The van der Waals surface area contributed by atoms with Crippen LogP contribution in [0.5, 0.6) is 0 Å². The average Bonchev–Trinajstić information content (AvgIpc) is 2.60. The second-order valence-electron chi connectivity index (χ2n) is 5.54. The van der Waals surface area contributed by atoms with E-state index < -0.39 is 17.3 Å². The molecule has 5 nitrogen and oxygen atoms in total. The van der Waals surface area contributed by atoms with E-state index in [9.17, 15) is 9.90 Å². The topological polar surface area (TPSA) is 71.7 Å². The molecule has 0 aliphatic rings. The molecular weight excluding hydrogens is 234 g/mol. The van der Waals surface area contributed by atoms with Gasteiger partial charge in [0.1, 0.15) is 22.7 Å². The molecule has 5 heteroatoms. The number of amides is 1. The summed E-state index contributed by atoms with van der Waals surface area (Å²) in [6, 6.07) is 3.45. The van der Waals surface area contributed by atoms with Gasteiger partial charge in [-0.15, -0.1) is 0 Å². The molecule has 1 atom stereocenters. The van der Waals surface area contributed by atoms with Crippen molar-refractivity contribution < 1.29 is 19.1 Å². The number of aryl methyl sites for hydroxylation is 1. The first kappa shape index (κ1) is 14.6. The van der Waals surface area contributed by atoms with E-state index in [0.29, 0.717) is 11.5 Å². The zero-order chi connectivity index (χ0) is 14.0. The van der Waals surface area contributed by atoms with E-state index in [2.05, 4.69) is 5.32 Å². The van der Waals surface area contributed by atoms with Crippen molar-refractivity contribution in [3.8, 4) is 0 Å². The Bertz CT molecular complexity index is 415. The lowest BCUT2D eigenvalue weighted by Gasteiger charge is -2.24. The zero-order valence-electron chi connectivity index (χ0n) is 11.5. The highest BCUT2D eigenvalue weighted by Crippen LogP contribution is 2.22. The first-order valence-electron chi connectivity index (χ1n) is 5.86. The number of aliphatic hydroxyl groups is 1. The highest BCUT2D eigenvalue weighted by Gasteiger charge is 2.28. The number of hydrogen-bond acceptors (Lipinski definition) is 4. The largest absolute Gasteiger partial charge is 0.463 e. The van der Waals surface area contributed by atoms with Crippen LogP contribution in [0, 0.1) is 6.92 Å². The molecule has 18 heavy (non-hydrogen) atoms. The minimum absolute atomic E-state index is 0.0227. The van der Waals surface area contributed by atoms with Gasteiger partial charge >= 0.3 is 6.09 Å². The molecule has 2 N–H and O–H groups in total. The third-order valence-electron chi connectivity index (χ3n) is 2.25. The van der Waals surface area contributed by atoms with Gasteiger partial charge in [0.25, 0.3) is 0 Å². The standard InChI is InChI=1S/C13H21NO4/c1-9-6-7-10(17-9)13(5,16)8-14-11(15)18-12(2,3)4/h6-7,16H,8H2,1-5H3,(H,14,15). The Morgan fingerprint density at radius 2 is 2.00 bits per heavy atom. The molecule has 0 fully saturated rings. The second-order valence-corrected chi connectivity index (χ2v) is 5.54. The van der Waals surface area contributed by atoms with Crippen molar-refractivity contribution in [1.29, 1.82) is 0 Å². The van der Waals surface area contributed by atoms with Crippen LogP contribution in [0.1, 0.15) is 39.2 Å². The number of nitrogens with one attached hydrogen (secondary N) is 1. The maximum absolute atomic E-state index is 11.5. The normalized spacial score (nSPS) is 15.0. The molecule has 1 aromatic rings. The Balaban J connectivity index is 2.55. The van der Waals surface area contributed by atoms with Crippen molar-refractivity contribution in [3.05, 3.63) is 23.7 Å². The number of hydrogen-bond donors (Lipinski definition) is 2. The summed E-state index contributed by atoms with van der Waals surface area (Å²) < 4.78 is 10.4. The zero-order valence-corrected chi connectivity index (χ0v) is 11.5. The number of rotatable bonds is 3. The molecule has 1 aromatic heterocycles. The van der Waals surface area contributed by atoms with Crippen LogP contribution >= 0.6 is 0 Å². The Kier molecular flexibility index (Phi) is 4.06. The van der Waals surface area contributed by atoms with Crippen LogP contribution in [0.25, 0.3) is 0 Å². The number of alkyl carbamates (subject to hydrolysis) is 1. The van der Waals surface area contributed by atoms with Gasteiger partial charge in [-0.05, 0) is 46.8 Å². The summed E-state index contributed by atoms with van der Waals surface area (Å²) in [6.45, 7) is 8.72. The Morgan fingerprint density at radius 1 is 1.39 bits per heavy atom. The van der Waals surface area contributed by atoms with Crippen molar-refractivity contribution in [2.45, 2.75) is 45.8 Å². The molecule has 0 saturated heterocycles. The third kappa shape index (κ3) is 4.41. The summed E-state index contributed by atoms with van der Waals surface area (Å²) in [5, 5.41) is 12.7. The second kappa shape index (κ2) is 5.02. The third-order valence-corrected chi connectivity index (χ3v) is 2.25. The van der Waals surface area contributed by atoms with Gasteiger partial charge in [-0.3, -0.25) is 0 Å². The highest BCUT2D eigenvalue weighted by atomic mass is 16.6. The molecular formula is C13H21NO4. The summed E-state index contributed by atoms with van der Waals surface area (Å²) >= 11 is 0. The summed E-state index contributed by atoms with van der Waals surface area (Å²) in [6.07, 6.45) is -0.564. The van der Waals surface area contributed by atoms with Gasteiger partial charge in [-0.25, -0.2) is 4.79 Å². The Hall–Kier alpha value is -1.49. The molecule has 0 aromatic carbocycles. The first-order chi connectivity index (χ1) is 8.10. The smallest absolute Gasteiger partial charge is 0.407 e. The van der Waals surface area contributed by atoms with Gasteiger partial charge < -0.3 is 19.6 Å². The van der Waals surface area contributed by atoms with Crippen LogP contribution in [-0.4, -0.2) is 23.3 Å². The van der Waals surface area contributed by atoms with Crippen LogP contribution in [0.2, 0.25) is 0 Å². The van der Waals surface area contributed by atoms with Gasteiger partial charge in [0.05, 0.1) is 6.54 Å². The maximum Gasteiger partial charge on any atom is 0.407 e. The molecule has 0 aliphatic heterocycles. The van der Waals surface area contributed by atoms with Crippen molar-refractivity contribution in [3.63, 3.8) is 0 Å². The lowest BCUT2D eigenvalue weighted by Crippen LogP contribution is -2.41. The molecule has 1 heterocycles. The van der Waals surface area contributed by atoms with Crippen molar-refractivity contribution >= 4 is 6.09 Å². The highest BCUT2D eigenvalue weighted by molar-refractivity contribution is 5.67. The molecule has 0 radical (unpaired) electrons. The SMILES string of the molecule is Cc1ccc(C(C)(O)CNC(=O)OC(C)(C)C)o1. The van der Waals surface area contributed by atoms with Crippen LogP contribution in [0.15, 0.2) is 16.5 Å². The summed E-state index contributed by atoms with van der Waals surface area (Å²) in [4.78, 5) is 11.5. The van der Waals surface area contributed by atoms with E-state index in [4.69, 9.17) is 9.15 Å². The minimum Gasteiger partial charge on any atom is -0.463 e. The number of ether oxygens (including phenoxy) is 1. The van der Waals surface area contributed by atoms with E-state index in [-0.39, 0.29) is 6.54 Å². The molecule has 1 unspecified atom stereocenters. The fourth-order valence-electron chi connectivity index (χ4n) is 1.37. The van der Waals surface area contributed by atoms with E-state index in [1.807, 2.05) is 0 Å². The summed E-state index contributed by atoms with van der Waals surface area (Å²) in [5.74, 6) is 1.12. The first-order valence-corrected chi connectivity index (χ1v) is 5.86. The minimum atomic E-state index is -1.26. The molecule has 0 aliphatic carbocycles. The van der Waals surface area contributed by atoms with Crippen LogP contribution in [0.4, 0.5) is 4.79 Å². The quantitative estimate of drug-likeness (QED) is 0.869. The van der Waals surface area contributed by atoms with Gasteiger partial charge in [0, 0.05) is 0 Å². The molecule has 1 rings (SSSR count). The van der Waals surface area contributed by atoms with Crippen molar-refractivity contribution in [1.82, 2.24) is 5.32 Å². The van der Waals surface area contributed by atoms with E-state index >= 15 is 0 Å². The van der Waals surface area contributed by atoms with Gasteiger partial charge in [-0.1, -0.05) is 0 Å². The molecule has 1 amide bonds. The molecule has 0 bridgehead atoms. The fraction of sp³-hybridized carbons (Fsp3) is 0.615. The Morgan fingerprint density at radius 3 is 2.44 bits per heavy atom. The lowest BCUT2D eigenvalue weighted by molar-refractivity contribution is 0.0198. The predicted octanol–water partition coefficient (Wildman–Crippen LogP) is 2.32. The van der Waals surface area contributed by atoms with E-state index in [0.717, 1.165) is 0 Å². The predicted molar refractivity (Wildman–Crippen MR) is 67.3 cm³/mol. The van der Waals surface area contributed by atoms with Crippen LogP contribution in [-0.2, 0) is 10.3 Å². The van der Waals surface area contributed by atoms with Gasteiger partial charge in [0.2, 0.25) is 0 Å². The number of carbonyl (C=O) groups is 1. The maximum atomic E-state index is 11.5. The van der Waals surface area contributed by atoms with Crippen molar-refractivity contribution in [2.75, 3.05) is 6.54 Å². The van der Waals surface area contributed by atoms with E-state index in [1.165, 1.54) is 0 Å². The number of furan rings is 1. The average molecular weight is 255 g/mol. The van der Waals surface area contributed by atoms with Crippen LogP contribution in [0.3, 0.4) is 0 Å². The molecule has 0 saturated carbocycles. The molecule has 0 spiro atoms. The fourth-order valence-corrected chi connectivity index (χ4v) is 1.37. The molecule has 102 valence electrons. The summed E-state index contributed by atoms with van der Waals surface area (Å²) in [7, 11) is 0. The summed E-state index contributed by atoms with van der Waals surface area (Å²) in [5.41, 5.74) is -1.82. The van der Waals surface area contributed by atoms with Crippen molar-refractivity contribution in [2.24, 2.45) is 0 Å². The Labute approximate surface area is 107 Å². The van der Waals surface area contributed by atoms with E-state index in [1.54, 1.807) is 46.8 Å².